The summed E-state index contributed by atoms with van der Waals surface area (Å²) in [7, 11) is -4.63. The summed E-state index contributed by atoms with van der Waals surface area (Å²) < 4.78 is 2.77. The molecule has 0 amide bonds. The van der Waals surface area contributed by atoms with Crippen molar-refractivity contribution in [3.05, 3.63) is 0 Å². The first-order valence-corrected chi connectivity index (χ1v) is 15.4. The minimum atomic E-state index is -1.54. The Morgan fingerprint density at radius 2 is 0.812 bits per heavy atom. The van der Waals surface area contributed by atoms with E-state index in [1.54, 1.807) is 0 Å². The molecule has 0 atom stereocenters. The largest absolute Gasteiger partial charge is 0.366 e. The maximum Gasteiger partial charge on any atom is 0.122 e. The summed E-state index contributed by atoms with van der Waals surface area (Å²) in [6.45, 7) is 14.1. The lowest BCUT2D eigenvalue weighted by molar-refractivity contribution is 0.843. The van der Waals surface area contributed by atoms with Gasteiger partial charge in [0.1, 0.15) is 24.7 Å². The highest BCUT2D eigenvalue weighted by molar-refractivity contribution is 7.04. The Kier molecular flexibility index (Phi) is 5.59. The fourth-order valence-corrected chi connectivity index (χ4v) is 24.6. The molecule has 0 aromatic heterocycles. The molecule has 0 saturated heterocycles. The van der Waals surface area contributed by atoms with Crippen LogP contribution in [0.25, 0.3) is 0 Å². The van der Waals surface area contributed by atoms with E-state index < -0.39 is 24.7 Å². The van der Waals surface area contributed by atoms with Crippen LogP contribution in [0.3, 0.4) is 0 Å². The van der Waals surface area contributed by atoms with E-state index >= 15 is 0 Å². The van der Waals surface area contributed by atoms with Gasteiger partial charge >= 0.3 is 0 Å². The molecule has 98 valence electrons. The zero-order valence-electron chi connectivity index (χ0n) is 11.8. The van der Waals surface area contributed by atoms with E-state index in [-0.39, 0.29) is 0 Å². The molecule has 0 bridgehead atoms. The third-order valence-corrected chi connectivity index (χ3v) is 20.8. The molecule has 16 heavy (non-hydrogen) atoms. The second-order valence-corrected chi connectivity index (χ2v) is 21.2. The average Bonchev–Trinajstić information content (AvgIpc) is 2.16. The lowest BCUT2D eigenvalue weighted by atomic mass is 11.5. The van der Waals surface area contributed by atoms with Gasteiger partial charge in [-0.15, -0.1) is 0 Å². The predicted octanol–water partition coefficient (Wildman–Crippen LogP) is 0.397. The number of nitrogens with two attached hydrogens (primary N) is 3. The minimum absolute atomic E-state index is 0.792. The van der Waals surface area contributed by atoms with Crippen molar-refractivity contribution in [3.63, 3.8) is 0 Å². The fourth-order valence-electron chi connectivity index (χ4n) is 2.73. The van der Waals surface area contributed by atoms with Crippen LogP contribution in [0.5, 0.6) is 0 Å². The van der Waals surface area contributed by atoms with Gasteiger partial charge in [-0.1, -0.05) is 39.3 Å². The molecule has 0 heterocycles. The summed E-state index contributed by atoms with van der Waals surface area (Å²) in [5, 5.41) is 0. The number of nitrogens with zero attached hydrogens (tertiary/aromatic N) is 1. The average molecular weight is 279 g/mol. The lowest BCUT2D eigenvalue weighted by Crippen LogP contribution is -2.77. The van der Waals surface area contributed by atoms with E-state index in [1.165, 1.54) is 0 Å². The molecular formula is C9H30N4Si3. The summed E-state index contributed by atoms with van der Waals surface area (Å²) >= 11 is 0. The molecule has 7 heteroatoms. The van der Waals surface area contributed by atoms with Gasteiger partial charge in [0.15, 0.2) is 0 Å². The highest BCUT2D eigenvalue weighted by Crippen LogP contribution is 2.25. The van der Waals surface area contributed by atoms with Gasteiger partial charge in [-0.2, -0.15) is 0 Å². The molecule has 4 nitrogen and oxygen atoms in total. The quantitative estimate of drug-likeness (QED) is 0.614. The Balaban J connectivity index is 5.40. The molecule has 0 spiro atoms. The molecule has 0 aliphatic carbocycles. The highest BCUT2D eigenvalue weighted by Gasteiger charge is 2.47. The Bertz CT molecular complexity index is 193. The monoisotopic (exact) mass is 278 g/mol. The molecule has 0 aromatic carbocycles. The minimum Gasteiger partial charge on any atom is -0.366 e. The second-order valence-electron chi connectivity index (χ2n) is 6.39. The van der Waals surface area contributed by atoms with Gasteiger partial charge in [-0.05, 0) is 18.5 Å². The molecule has 0 radical (unpaired) electrons. The number of hydrogen-bond donors (Lipinski definition) is 3. The van der Waals surface area contributed by atoms with Crippen molar-refractivity contribution in [1.29, 1.82) is 0 Å². The van der Waals surface area contributed by atoms with Crippen LogP contribution in [0, 0.1) is 0 Å². The standard InChI is InChI=1S/C9H30N4Si3/c1-14(2,7-10)13(15(3,4)8-11)16(5,6)9-12/h7-12H2,1-6H3. The molecular weight excluding hydrogens is 248 g/mol. The molecule has 0 fully saturated rings. The smallest absolute Gasteiger partial charge is 0.122 e. The van der Waals surface area contributed by atoms with Crippen LogP contribution in [-0.4, -0.2) is 47.1 Å². The van der Waals surface area contributed by atoms with E-state index in [0.717, 1.165) is 18.5 Å². The molecule has 0 aliphatic rings. The van der Waals surface area contributed by atoms with Crippen molar-refractivity contribution in [2.45, 2.75) is 39.3 Å². The highest BCUT2D eigenvalue weighted by atomic mass is 28.5. The Morgan fingerprint density at radius 1 is 0.625 bits per heavy atom. The van der Waals surface area contributed by atoms with Crippen LogP contribution in [0.15, 0.2) is 0 Å². The zero-order chi connectivity index (χ0) is 13.2. The predicted molar refractivity (Wildman–Crippen MR) is 81.4 cm³/mol. The van der Waals surface area contributed by atoms with E-state index in [1.807, 2.05) is 0 Å². The summed E-state index contributed by atoms with van der Waals surface area (Å²) in [5.74, 6) is 0. The molecule has 0 aliphatic heterocycles. The van der Waals surface area contributed by atoms with Crippen LogP contribution in [-0.2, 0) is 0 Å². The Morgan fingerprint density at radius 3 is 0.938 bits per heavy atom. The van der Waals surface area contributed by atoms with Crippen LogP contribution >= 0.6 is 0 Å². The first-order valence-electron chi connectivity index (χ1n) is 5.96. The normalized spacial score (nSPS) is 14.6. The fraction of sp³-hybridized carbons (Fsp3) is 1.00. The summed E-state index contributed by atoms with van der Waals surface area (Å²) in [5.41, 5.74) is 18.0. The van der Waals surface area contributed by atoms with Crippen molar-refractivity contribution >= 4 is 24.7 Å². The maximum atomic E-state index is 5.99. The summed E-state index contributed by atoms with van der Waals surface area (Å²) in [6, 6.07) is 0. The van der Waals surface area contributed by atoms with Gasteiger partial charge in [0.25, 0.3) is 0 Å². The van der Waals surface area contributed by atoms with Crippen molar-refractivity contribution in [2.75, 3.05) is 18.5 Å². The van der Waals surface area contributed by atoms with E-state index in [2.05, 4.69) is 43.2 Å². The van der Waals surface area contributed by atoms with Gasteiger partial charge in [0.2, 0.25) is 0 Å². The molecule has 0 aromatic rings. The Hall–Kier alpha value is 0.491. The van der Waals surface area contributed by atoms with Crippen molar-refractivity contribution < 1.29 is 0 Å². The SMILES string of the molecule is C[Si](C)(CN)N([Si](C)(C)CN)[Si](C)(C)CN. The van der Waals surface area contributed by atoms with E-state index in [4.69, 9.17) is 17.2 Å². The summed E-state index contributed by atoms with van der Waals surface area (Å²) in [4.78, 5) is 0. The molecule has 0 unspecified atom stereocenters. The van der Waals surface area contributed by atoms with Gasteiger partial charge in [-0.3, -0.25) is 0 Å². The maximum absolute atomic E-state index is 5.99. The van der Waals surface area contributed by atoms with Gasteiger partial charge in [0.05, 0.1) is 0 Å². The van der Waals surface area contributed by atoms with Crippen molar-refractivity contribution in [3.8, 4) is 0 Å². The van der Waals surface area contributed by atoms with Gasteiger partial charge < -0.3 is 21.1 Å². The number of hydrogen-bond acceptors (Lipinski definition) is 4. The number of rotatable bonds is 6. The third kappa shape index (κ3) is 3.49. The van der Waals surface area contributed by atoms with Gasteiger partial charge in [-0.25, -0.2) is 0 Å². The first-order chi connectivity index (χ1) is 7.05. The van der Waals surface area contributed by atoms with E-state index in [9.17, 15) is 0 Å². The van der Waals surface area contributed by atoms with E-state index in [0.29, 0.717) is 0 Å². The zero-order valence-corrected chi connectivity index (χ0v) is 14.8. The van der Waals surface area contributed by atoms with Crippen LogP contribution < -0.4 is 17.2 Å². The second kappa shape index (κ2) is 5.42. The topological polar surface area (TPSA) is 81.3 Å². The molecule has 0 rings (SSSR count). The van der Waals surface area contributed by atoms with Gasteiger partial charge in [0, 0.05) is 0 Å². The van der Waals surface area contributed by atoms with Crippen LogP contribution in [0.2, 0.25) is 39.3 Å². The summed E-state index contributed by atoms with van der Waals surface area (Å²) in [6.07, 6.45) is 2.37. The first kappa shape index (κ1) is 16.5. The van der Waals surface area contributed by atoms with Crippen molar-refractivity contribution in [1.82, 2.24) is 3.90 Å². The van der Waals surface area contributed by atoms with Crippen LogP contribution in [0.4, 0.5) is 0 Å². The molecule has 0 saturated carbocycles. The lowest BCUT2D eigenvalue weighted by Gasteiger charge is -2.54. The Labute approximate surface area is 104 Å². The molecule has 6 N–H and O–H groups in total. The van der Waals surface area contributed by atoms with Crippen LogP contribution in [0.1, 0.15) is 0 Å². The van der Waals surface area contributed by atoms with Crippen molar-refractivity contribution in [2.24, 2.45) is 17.2 Å². The third-order valence-electron chi connectivity index (χ3n) is 3.31.